The lowest BCUT2D eigenvalue weighted by Gasteiger charge is -2.11. The van der Waals surface area contributed by atoms with Gasteiger partial charge in [-0.25, -0.2) is 0 Å². The van der Waals surface area contributed by atoms with Crippen LogP contribution in [0.3, 0.4) is 0 Å². The van der Waals surface area contributed by atoms with E-state index in [2.05, 4.69) is 15.9 Å². The number of carbonyl (C=O) groups is 1. The lowest BCUT2D eigenvalue weighted by Crippen LogP contribution is -2.12. The van der Waals surface area contributed by atoms with E-state index >= 15 is 0 Å². The van der Waals surface area contributed by atoms with Crippen molar-refractivity contribution in [2.75, 3.05) is 0 Å². The number of para-hydroxylation sites is 1. The van der Waals surface area contributed by atoms with Gasteiger partial charge in [0.1, 0.15) is 11.5 Å². The summed E-state index contributed by atoms with van der Waals surface area (Å²) in [6.45, 7) is -0.0449. The van der Waals surface area contributed by atoms with Crippen molar-refractivity contribution in [2.24, 2.45) is 5.73 Å². The van der Waals surface area contributed by atoms with Crippen molar-refractivity contribution in [3.05, 3.63) is 58.1 Å². The van der Waals surface area contributed by atoms with Crippen molar-refractivity contribution in [3.63, 3.8) is 0 Å². The van der Waals surface area contributed by atoms with E-state index < -0.39 is 5.91 Å². The molecule has 0 spiro atoms. The Morgan fingerprint density at radius 2 is 1.95 bits per heavy atom. The zero-order chi connectivity index (χ0) is 13.8. The first-order valence-electron chi connectivity index (χ1n) is 5.58. The highest BCUT2D eigenvalue weighted by atomic mass is 79.9. The monoisotopic (exact) mass is 321 g/mol. The molecule has 0 heterocycles. The highest BCUT2D eigenvalue weighted by molar-refractivity contribution is 9.10. The van der Waals surface area contributed by atoms with Gasteiger partial charge in [0.15, 0.2) is 0 Å². The summed E-state index contributed by atoms with van der Waals surface area (Å²) in [5.74, 6) is 0.400. The second kappa shape index (κ2) is 5.86. The van der Waals surface area contributed by atoms with Gasteiger partial charge in [0.25, 0.3) is 5.91 Å². The lowest BCUT2D eigenvalue weighted by atomic mass is 10.2. The Labute approximate surface area is 118 Å². The third-order valence-electron chi connectivity index (χ3n) is 2.55. The number of aliphatic hydroxyl groups is 1. The van der Waals surface area contributed by atoms with Crippen LogP contribution in [0.1, 0.15) is 15.9 Å². The van der Waals surface area contributed by atoms with Crippen molar-refractivity contribution >= 4 is 21.8 Å². The molecule has 0 aliphatic heterocycles. The van der Waals surface area contributed by atoms with E-state index in [1.54, 1.807) is 42.5 Å². The molecule has 0 radical (unpaired) electrons. The standard InChI is InChI=1S/C14H12BrNO3/c15-11-7-9(8-17)5-6-13(11)19-12-4-2-1-3-10(12)14(16)18/h1-7,17H,8H2,(H2,16,18). The second-order valence-electron chi connectivity index (χ2n) is 3.89. The molecule has 2 aromatic carbocycles. The molecule has 0 saturated heterocycles. The van der Waals surface area contributed by atoms with Gasteiger partial charge in [0.05, 0.1) is 16.6 Å². The van der Waals surface area contributed by atoms with Gasteiger partial charge in [0, 0.05) is 0 Å². The van der Waals surface area contributed by atoms with Crippen LogP contribution in [0.25, 0.3) is 0 Å². The first kappa shape index (κ1) is 13.6. The fourth-order valence-electron chi connectivity index (χ4n) is 1.60. The van der Waals surface area contributed by atoms with Crippen LogP contribution in [0, 0.1) is 0 Å². The van der Waals surface area contributed by atoms with Crippen LogP contribution in [0.2, 0.25) is 0 Å². The molecule has 0 atom stereocenters. The molecule has 98 valence electrons. The molecule has 0 bridgehead atoms. The van der Waals surface area contributed by atoms with Crippen molar-refractivity contribution < 1.29 is 14.6 Å². The molecule has 0 aliphatic carbocycles. The zero-order valence-electron chi connectivity index (χ0n) is 9.97. The molecular weight excluding hydrogens is 310 g/mol. The van der Waals surface area contributed by atoms with Crippen LogP contribution in [0.5, 0.6) is 11.5 Å². The number of ether oxygens (including phenoxy) is 1. The Hall–Kier alpha value is -1.85. The van der Waals surface area contributed by atoms with E-state index in [0.29, 0.717) is 21.5 Å². The summed E-state index contributed by atoms with van der Waals surface area (Å²) < 4.78 is 6.36. The minimum Gasteiger partial charge on any atom is -0.455 e. The predicted octanol–water partition coefficient (Wildman–Crippen LogP) is 2.83. The minimum atomic E-state index is -0.543. The molecule has 4 nitrogen and oxygen atoms in total. The van der Waals surface area contributed by atoms with Crippen molar-refractivity contribution in [1.29, 1.82) is 0 Å². The van der Waals surface area contributed by atoms with Gasteiger partial charge < -0.3 is 15.6 Å². The fraction of sp³-hybridized carbons (Fsp3) is 0.0714. The molecule has 0 fully saturated rings. The number of aliphatic hydroxyl groups excluding tert-OH is 1. The Balaban J connectivity index is 2.34. The van der Waals surface area contributed by atoms with Crippen LogP contribution in [-0.4, -0.2) is 11.0 Å². The van der Waals surface area contributed by atoms with E-state index in [1.165, 1.54) is 0 Å². The molecular formula is C14H12BrNO3. The highest BCUT2D eigenvalue weighted by Crippen LogP contribution is 2.32. The summed E-state index contributed by atoms with van der Waals surface area (Å²) in [7, 11) is 0. The Morgan fingerprint density at radius 3 is 2.58 bits per heavy atom. The maximum atomic E-state index is 11.3. The van der Waals surface area contributed by atoms with E-state index in [0.717, 1.165) is 5.56 Å². The topological polar surface area (TPSA) is 72.6 Å². The minimum absolute atomic E-state index is 0.0449. The summed E-state index contributed by atoms with van der Waals surface area (Å²) in [5.41, 5.74) is 6.37. The largest absolute Gasteiger partial charge is 0.455 e. The first-order valence-corrected chi connectivity index (χ1v) is 6.37. The molecule has 0 aliphatic rings. The molecule has 3 N–H and O–H groups in total. The average molecular weight is 322 g/mol. The third kappa shape index (κ3) is 3.13. The number of rotatable bonds is 4. The van der Waals surface area contributed by atoms with E-state index in [9.17, 15) is 4.79 Å². The zero-order valence-corrected chi connectivity index (χ0v) is 11.6. The molecule has 0 aromatic heterocycles. The van der Waals surface area contributed by atoms with E-state index in [1.807, 2.05) is 0 Å². The predicted molar refractivity (Wildman–Crippen MR) is 75.1 cm³/mol. The normalized spacial score (nSPS) is 10.2. The maximum Gasteiger partial charge on any atom is 0.252 e. The molecule has 1 amide bonds. The van der Waals surface area contributed by atoms with Gasteiger partial charge in [-0.05, 0) is 45.8 Å². The number of benzene rings is 2. The van der Waals surface area contributed by atoms with Crippen molar-refractivity contribution in [3.8, 4) is 11.5 Å². The number of hydrogen-bond acceptors (Lipinski definition) is 3. The van der Waals surface area contributed by atoms with Crippen LogP contribution < -0.4 is 10.5 Å². The summed E-state index contributed by atoms with van der Waals surface area (Å²) in [6.07, 6.45) is 0. The average Bonchev–Trinajstić information content (AvgIpc) is 2.41. The van der Waals surface area contributed by atoms with Crippen LogP contribution >= 0.6 is 15.9 Å². The quantitative estimate of drug-likeness (QED) is 0.909. The maximum absolute atomic E-state index is 11.3. The number of halogens is 1. The summed E-state index contributed by atoms with van der Waals surface area (Å²) in [4.78, 5) is 11.3. The van der Waals surface area contributed by atoms with Crippen LogP contribution in [0.15, 0.2) is 46.9 Å². The van der Waals surface area contributed by atoms with Crippen molar-refractivity contribution in [2.45, 2.75) is 6.61 Å². The van der Waals surface area contributed by atoms with Gasteiger partial charge in [-0.3, -0.25) is 4.79 Å². The summed E-state index contributed by atoms with van der Waals surface area (Å²) in [5, 5.41) is 9.04. The van der Waals surface area contributed by atoms with Crippen LogP contribution in [0.4, 0.5) is 0 Å². The molecule has 0 unspecified atom stereocenters. The Bertz CT molecular complexity index is 613. The van der Waals surface area contributed by atoms with Crippen molar-refractivity contribution in [1.82, 2.24) is 0 Å². The number of nitrogens with two attached hydrogens (primary N) is 1. The molecule has 19 heavy (non-hydrogen) atoms. The molecule has 2 rings (SSSR count). The number of hydrogen-bond donors (Lipinski definition) is 2. The lowest BCUT2D eigenvalue weighted by molar-refractivity contribution is 0.0998. The number of primary amides is 1. The number of amides is 1. The molecule has 5 heteroatoms. The van der Waals surface area contributed by atoms with Gasteiger partial charge in [-0.2, -0.15) is 0 Å². The fourth-order valence-corrected chi connectivity index (χ4v) is 2.11. The highest BCUT2D eigenvalue weighted by Gasteiger charge is 2.11. The molecule has 2 aromatic rings. The third-order valence-corrected chi connectivity index (χ3v) is 3.17. The second-order valence-corrected chi connectivity index (χ2v) is 4.74. The van der Waals surface area contributed by atoms with Gasteiger partial charge in [-0.1, -0.05) is 18.2 Å². The van der Waals surface area contributed by atoms with Crippen LogP contribution in [-0.2, 0) is 6.61 Å². The Morgan fingerprint density at radius 1 is 1.21 bits per heavy atom. The smallest absolute Gasteiger partial charge is 0.252 e. The van der Waals surface area contributed by atoms with E-state index in [4.69, 9.17) is 15.6 Å². The van der Waals surface area contributed by atoms with E-state index in [-0.39, 0.29) is 6.61 Å². The first-order chi connectivity index (χ1) is 9.11. The van der Waals surface area contributed by atoms with Gasteiger partial charge in [-0.15, -0.1) is 0 Å². The summed E-state index contributed by atoms with van der Waals surface area (Å²) >= 11 is 3.35. The Kier molecular flexibility index (Phi) is 4.19. The van der Waals surface area contributed by atoms with Gasteiger partial charge in [0.2, 0.25) is 0 Å². The number of carbonyl (C=O) groups excluding carboxylic acids is 1. The molecule has 0 saturated carbocycles. The summed E-state index contributed by atoms with van der Waals surface area (Å²) in [6, 6.07) is 12.0. The van der Waals surface area contributed by atoms with Gasteiger partial charge >= 0.3 is 0 Å². The SMILES string of the molecule is NC(=O)c1ccccc1Oc1ccc(CO)cc1Br.